The van der Waals surface area contributed by atoms with E-state index in [9.17, 15) is 4.79 Å². The summed E-state index contributed by atoms with van der Waals surface area (Å²) in [5.41, 5.74) is 9.50. The molecule has 29 heavy (non-hydrogen) atoms. The highest BCUT2D eigenvalue weighted by Gasteiger charge is 2.19. The number of aromatic amines is 1. The minimum atomic E-state index is -0.593. The van der Waals surface area contributed by atoms with E-state index in [1.54, 1.807) is 30.3 Å². The van der Waals surface area contributed by atoms with Crippen LogP contribution in [0.1, 0.15) is 15.9 Å². The molecule has 5 nitrogen and oxygen atoms in total. The van der Waals surface area contributed by atoms with Crippen LogP contribution in [0.2, 0.25) is 5.02 Å². The number of hydrogen-bond acceptors (Lipinski definition) is 3. The van der Waals surface area contributed by atoms with Gasteiger partial charge < -0.3 is 10.6 Å². The number of carbonyl (C=O) groups is 1. The number of hydrogen-bond donors (Lipinski definition) is 1. The summed E-state index contributed by atoms with van der Waals surface area (Å²) in [6.07, 6.45) is 0. The second kappa shape index (κ2) is 8.12. The maximum absolute atomic E-state index is 12.8. The van der Waals surface area contributed by atoms with Gasteiger partial charge in [-0.1, -0.05) is 47.1 Å². The lowest BCUT2D eigenvalue weighted by Gasteiger charge is -2.05. The van der Waals surface area contributed by atoms with Crippen molar-refractivity contribution in [1.82, 2.24) is 0 Å². The first-order chi connectivity index (χ1) is 14.1. The molecule has 3 aromatic carbocycles. The Balaban J connectivity index is 1.69. The Bertz CT molecular complexity index is 1210. The number of para-hydroxylation sites is 1. The number of amidine groups is 1. The van der Waals surface area contributed by atoms with E-state index in [4.69, 9.17) is 22.2 Å². The van der Waals surface area contributed by atoms with Gasteiger partial charge in [-0.05, 0) is 42.5 Å². The number of nitrogens with one attached hydrogen (secondary N) is 1. The number of nitrogens with zero attached hydrogens (tertiary/aromatic N) is 1. The van der Waals surface area contributed by atoms with Gasteiger partial charge in [0.1, 0.15) is 0 Å². The van der Waals surface area contributed by atoms with Crippen molar-refractivity contribution in [1.29, 1.82) is 0 Å². The number of oxime groups is 1. The maximum Gasteiger partial charge on any atom is 0.366 e. The maximum atomic E-state index is 12.8. The van der Waals surface area contributed by atoms with Gasteiger partial charge >= 0.3 is 5.97 Å². The van der Waals surface area contributed by atoms with Crippen molar-refractivity contribution < 1.29 is 14.6 Å². The van der Waals surface area contributed by atoms with Crippen LogP contribution in [0.3, 0.4) is 0 Å². The number of carbonyl (C=O) groups excluding carboxylic acids is 1. The van der Waals surface area contributed by atoms with Gasteiger partial charge in [0.05, 0.1) is 10.9 Å². The summed E-state index contributed by atoms with van der Waals surface area (Å²) < 4.78 is 0. The smallest absolute Gasteiger partial charge is 0.366 e. The van der Waals surface area contributed by atoms with Crippen molar-refractivity contribution in [3.8, 4) is 11.3 Å². The Kier molecular flexibility index (Phi) is 5.22. The zero-order chi connectivity index (χ0) is 20.2. The predicted molar refractivity (Wildman–Crippen MR) is 114 cm³/mol. The first-order valence-corrected chi connectivity index (χ1v) is 9.31. The van der Waals surface area contributed by atoms with E-state index < -0.39 is 5.97 Å². The van der Waals surface area contributed by atoms with E-state index >= 15 is 0 Å². The second-order valence-corrected chi connectivity index (χ2v) is 6.81. The molecule has 6 heteroatoms. The fraction of sp³-hybridized carbons (Fsp3) is 0. The fourth-order valence-electron chi connectivity index (χ4n) is 2.99. The SMILES string of the molecule is NC(=NOC(=O)c1cc(-c2ccccc2)[nH+]c2ccccc12)c1ccc(Cl)cc1. The summed E-state index contributed by atoms with van der Waals surface area (Å²) >= 11 is 5.88. The van der Waals surface area contributed by atoms with E-state index in [2.05, 4.69) is 10.1 Å². The van der Waals surface area contributed by atoms with Gasteiger partial charge in [-0.25, -0.2) is 9.78 Å². The highest BCUT2D eigenvalue weighted by Crippen LogP contribution is 2.22. The molecule has 1 heterocycles. The molecule has 1 aromatic heterocycles. The summed E-state index contributed by atoms with van der Waals surface area (Å²) in [6.45, 7) is 0. The van der Waals surface area contributed by atoms with E-state index in [1.807, 2.05) is 54.6 Å². The molecule has 3 N–H and O–H groups in total. The molecule has 0 saturated carbocycles. The molecule has 0 unspecified atom stereocenters. The minimum absolute atomic E-state index is 0.0881. The molecule has 4 aromatic rings. The van der Waals surface area contributed by atoms with Gasteiger partial charge in [0.15, 0.2) is 5.84 Å². The monoisotopic (exact) mass is 402 g/mol. The highest BCUT2D eigenvalue weighted by molar-refractivity contribution is 6.30. The van der Waals surface area contributed by atoms with Crippen LogP contribution in [0, 0.1) is 0 Å². The van der Waals surface area contributed by atoms with Crippen molar-refractivity contribution in [2.45, 2.75) is 0 Å². The van der Waals surface area contributed by atoms with Gasteiger partial charge in [-0.3, -0.25) is 0 Å². The average Bonchev–Trinajstić information content (AvgIpc) is 2.77. The van der Waals surface area contributed by atoms with Crippen molar-refractivity contribution >= 4 is 34.3 Å². The van der Waals surface area contributed by atoms with Crippen LogP contribution >= 0.6 is 11.6 Å². The molecular weight excluding hydrogens is 386 g/mol. The van der Waals surface area contributed by atoms with Crippen LogP contribution in [0.5, 0.6) is 0 Å². The summed E-state index contributed by atoms with van der Waals surface area (Å²) in [5, 5.41) is 5.12. The molecule has 0 fully saturated rings. The van der Waals surface area contributed by atoms with Gasteiger partial charge in [0.25, 0.3) is 0 Å². The number of fused-ring (bicyclic) bond motifs is 1. The van der Waals surface area contributed by atoms with E-state index in [-0.39, 0.29) is 5.84 Å². The molecule has 0 amide bonds. The number of aromatic nitrogens is 1. The average molecular weight is 403 g/mol. The minimum Gasteiger partial charge on any atom is -0.380 e. The number of nitrogens with two attached hydrogens (primary N) is 1. The Labute approximate surface area is 172 Å². The van der Waals surface area contributed by atoms with Crippen molar-refractivity contribution in [3.05, 3.63) is 101 Å². The van der Waals surface area contributed by atoms with Gasteiger partial charge in [0, 0.05) is 28.3 Å². The zero-order valence-corrected chi connectivity index (χ0v) is 16.1. The Morgan fingerprint density at radius 1 is 0.931 bits per heavy atom. The quantitative estimate of drug-likeness (QED) is 0.237. The normalized spacial score (nSPS) is 11.4. The van der Waals surface area contributed by atoms with Crippen molar-refractivity contribution in [2.75, 3.05) is 0 Å². The number of halogens is 1. The first kappa shape index (κ1) is 18.7. The van der Waals surface area contributed by atoms with Crippen LogP contribution in [-0.4, -0.2) is 11.8 Å². The summed E-state index contributed by atoms with van der Waals surface area (Å²) in [6, 6.07) is 25.8. The molecule has 0 aliphatic heterocycles. The third kappa shape index (κ3) is 4.10. The molecule has 0 spiro atoms. The molecule has 0 saturated heterocycles. The topological polar surface area (TPSA) is 78.8 Å². The Hall–Kier alpha value is -3.70. The fourth-order valence-corrected chi connectivity index (χ4v) is 3.11. The molecule has 0 aliphatic rings. The van der Waals surface area contributed by atoms with Crippen LogP contribution in [0.15, 0.2) is 90.1 Å². The first-order valence-electron chi connectivity index (χ1n) is 8.93. The molecule has 4 rings (SSSR count). The van der Waals surface area contributed by atoms with Crippen molar-refractivity contribution in [2.24, 2.45) is 10.9 Å². The number of rotatable bonds is 4. The third-order valence-corrected chi connectivity index (χ3v) is 4.70. The predicted octanol–water partition coefficient (Wildman–Crippen LogP) is 4.45. The molecule has 142 valence electrons. The van der Waals surface area contributed by atoms with E-state index in [0.29, 0.717) is 16.1 Å². The Morgan fingerprint density at radius 3 is 2.38 bits per heavy atom. The number of benzene rings is 3. The molecular formula is C23H17ClN3O2+. The zero-order valence-electron chi connectivity index (χ0n) is 15.3. The number of H-pyrrole nitrogens is 1. The Morgan fingerprint density at radius 2 is 1.62 bits per heavy atom. The molecule has 0 radical (unpaired) electrons. The molecule has 0 bridgehead atoms. The van der Waals surface area contributed by atoms with Crippen molar-refractivity contribution in [3.63, 3.8) is 0 Å². The largest absolute Gasteiger partial charge is 0.380 e. The van der Waals surface area contributed by atoms with Crippen LogP contribution in [0.25, 0.3) is 22.2 Å². The van der Waals surface area contributed by atoms with E-state index in [0.717, 1.165) is 22.2 Å². The second-order valence-electron chi connectivity index (χ2n) is 6.37. The summed E-state index contributed by atoms with van der Waals surface area (Å²) in [7, 11) is 0. The lowest BCUT2D eigenvalue weighted by molar-refractivity contribution is -0.331. The van der Waals surface area contributed by atoms with Gasteiger partial charge in [-0.2, -0.15) is 0 Å². The van der Waals surface area contributed by atoms with Gasteiger partial charge in [0.2, 0.25) is 11.2 Å². The van der Waals surface area contributed by atoms with Gasteiger partial charge in [-0.15, -0.1) is 0 Å². The molecule has 0 aliphatic carbocycles. The van der Waals surface area contributed by atoms with E-state index in [1.165, 1.54) is 0 Å². The third-order valence-electron chi connectivity index (χ3n) is 4.45. The van der Waals surface area contributed by atoms with Crippen LogP contribution in [0.4, 0.5) is 0 Å². The standard InChI is InChI=1S/C23H16ClN3O2/c24-17-12-10-16(11-13-17)22(25)27-29-23(28)19-14-21(15-6-2-1-3-7-15)26-20-9-5-4-8-18(19)20/h1-14H,(H2,25,27)/p+1. The summed E-state index contributed by atoms with van der Waals surface area (Å²) in [5.74, 6) is -0.505. The number of pyridine rings is 1. The summed E-state index contributed by atoms with van der Waals surface area (Å²) in [4.78, 5) is 21.3. The lowest BCUT2D eigenvalue weighted by Crippen LogP contribution is -2.16. The lowest BCUT2D eigenvalue weighted by atomic mass is 10.0. The highest BCUT2D eigenvalue weighted by atomic mass is 35.5. The van der Waals surface area contributed by atoms with Crippen LogP contribution < -0.4 is 10.7 Å². The molecule has 0 atom stereocenters. The van der Waals surface area contributed by atoms with Crippen LogP contribution in [-0.2, 0) is 4.84 Å².